The second kappa shape index (κ2) is 11.4. The molecule has 1 aliphatic rings. The third kappa shape index (κ3) is 5.64. The van der Waals surface area contributed by atoms with E-state index in [2.05, 4.69) is 15.4 Å². The molecule has 0 unspecified atom stereocenters. The van der Waals surface area contributed by atoms with Crippen LogP contribution in [0.5, 0.6) is 0 Å². The van der Waals surface area contributed by atoms with Gasteiger partial charge in [0.25, 0.3) is 0 Å². The van der Waals surface area contributed by atoms with Crippen molar-refractivity contribution in [3.05, 3.63) is 39.6 Å². The van der Waals surface area contributed by atoms with Crippen molar-refractivity contribution in [3.63, 3.8) is 0 Å². The average Bonchev–Trinajstić information content (AvgIpc) is 3.47. The molecule has 11 heteroatoms. The number of nitrogens with two attached hydrogens (primary N) is 1. The minimum absolute atomic E-state index is 0.102. The molecule has 0 spiro atoms. The van der Waals surface area contributed by atoms with E-state index < -0.39 is 6.61 Å². The molecular weight excluding hydrogens is 491 g/mol. The third-order valence-corrected chi connectivity index (χ3v) is 7.09. The predicted octanol–water partition coefficient (Wildman–Crippen LogP) is 2.85. The van der Waals surface area contributed by atoms with E-state index >= 15 is 0 Å². The maximum Gasteiger partial charge on any atom is 0.248 e. The first-order valence-electron chi connectivity index (χ1n) is 11.8. The van der Waals surface area contributed by atoms with Gasteiger partial charge in [-0.3, -0.25) is 14.3 Å². The van der Waals surface area contributed by atoms with E-state index in [1.54, 1.807) is 21.8 Å². The molecule has 0 radical (unpaired) electrons. The van der Waals surface area contributed by atoms with Gasteiger partial charge in [-0.25, -0.2) is 0 Å². The Kier molecular flexibility index (Phi) is 8.33. The highest BCUT2D eigenvalue weighted by Gasteiger charge is 2.27. The van der Waals surface area contributed by atoms with Gasteiger partial charge in [-0.2, -0.15) is 5.10 Å². The first kappa shape index (κ1) is 25.5. The molecule has 35 heavy (non-hydrogen) atoms. The van der Waals surface area contributed by atoms with Gasteiger partial charge in [0.2, 0.25) is 11.8 Å². The molecule has 2 amide bonds. The normalized spacial score (nSPS) is 13.3. The summed E-state index contributed by atoms with van der Waals surface area (Å²) in [5.74, 6) is -0.420. The fourth-order valence-corrected chi connectivity index (χ4v) is 4.90. The molecule has 9 nitrogen and oxygen atoms in total. The smallest absolute Gasteiger partial charge is 0.248 e. The maximum absolute atomic E-state index is 12.3. The van der Waals surface area contributed by atoms with E-state index in [9.17, 15) is 14.7 Å². The maximum atomic E-state index is 12.3. The van der Waals surface area contributed by atoms with Crippen LogP contribution in [0.25, 0.3) is 22.2 Å². The third-order valence-electron chi connectivity index (χ3n) is 6.31. The number of aromatic nitrogens is 3. The van der Waals surface area contributed by atoms with Crippen LogP contribution in [0.4, 0.5) is 0 Å². The molecular formula is C24H30Cl2N6O3. The molecule has 3 heterocycles. The Bertz CT molecular complexity index is 1220. The Hall–Kier alpha value is -2.59. The number of hydrogen-bond donors (Lipinski definition) is 4. The quantitative estimate of drug-likeness (QED) is 0.305. The summed E-state index contributed by atoms with van der Waals surface area (Å²) in [5, 5.41) is 18.5. The molecule has 5 N–H and O–H groups in total. The van der Waals surface area contributed by atoms with Crippen molar-refractivity contribution in [2.24, 2.45) is 5.73 Å². The number of carbonyl (C=O) groups is 2. The largest absolute Gasteiger partial charge is 0.387 e. The zero-order valence-corrected chi connectivity index (χ0v) is 21.0. The molecule has 0 saturated carbocycles. The van der Waals surface area contributed by atoms with E-state index in [0.717, 1.165) is 47.9 Å². The van der Waals surface area contributed by atoms with Crippen LogP contribution in [0, 0.1) is 0 Å². The number of fused-ring (bicyclic) bond motifs is 3. The number of rotatable bonds is 10. The molecule has 1 aliphatic heterocycles. The van der Waals surface area contributed by atoms with Crippen molar-refractivity contribution in [2.45, 2.75) is 45.2 Å². The number of aliphatic hydroxyl groups excluding tert-OH is 1. The van der Waals surface area contributed by atoms with Gasteiger partial charge in [-0.05, 0) is 31.5 Å². The highest BCUT2D eigenvalue weighted by atomic mass is 35.5. The zero-order chi connectivity index (χ0) is 24.9. The second-order valence-corrected chi connectivity index (χ2v) is 9.51. The van der Waals surface area contributed by atoms with Gasteiger partial charge in [0.15, 0.2) is 0 Å². The van der Waals surface area contributed by atoms with Crippen molar-refractivity contribution >= 4 is 45.9 Å². The molecule has 1 aromatic carbocycles. The SMILES string of the molecule is NCCCCCCNC(=O)Cn1ccc(-c2cc(Cl)c(Cl)c3[nH]c4c(c23)CN(C(=O)CO)CC4)n1. The fourth-order valence-electron chi connectivity index (χ4n) is 4.50. The number of aromatic amines is 1. The highest BCUT2D eigenvalue weighted by molar-refractivity contribution is 6.45. The Morgan fingerprint density at radius 2 is 2.03 bits per heavy atom. The van der Waals surface area contributed by atoms with Crippen LogP contribution in [0.1, 0.15) is 36.9 Å². The summed E-state index contributed by atoms with van der Waals surface area (Å²) in [5.41, 5.74) is 9.53. The van der Waals surface area contributed by atoms with Crippen LogP contribution in [0.3, 0.4) is 0 Å². The monoisotopic (exact) mass is 520 g/mol. The van der Waals surface area contributed by atoms with Crippen LogP contribution in [0.2, 0.25) is 10.0 Å². The molecule has 2 aromatic heterocycles. The Balaban J connectivity index is 1.55. The lowest BCUT2D eigenvalue weighted by molar-refractivity contribution is -0.135. The summed E-state index contributed by atoms with van der Waals surface area (Å²) in [6.07, 6.45) is 6.41. The Morgan fingerprint density at radius 3 is 2.80 bits per heavy atom. The van der Waals surface area contributed by atoms with Crippen molar-refractivity contribution in [2.75, 3.05) is 26.2 Å². The summed E-state index contributed by atoms with van der Waals surface area (Å²) < 4.78 is 1.59. The Morgan fingerprint density at radius 1 is 1.23 bits per heavy atom. The van der Waals surface area contributed by atoms with Gasteiger partial charge < -0.3 is 26.0 Å². The molecule has 188 valence electrons. The highest BCUT2D eigenvalue weighted by Crippen LogP contribution is 2.41. The molecule has 0 atom stereocenters. The minimum Gasteiger partial charge on any atom is -0.387 e. The molecule has 3 aromatic rings. The number of hydrogen-bond acceptors (Lipinski definition) is 5. The number of unbranched alkanes of at least 4 members (excludes halogenated alkanes) is 3. The Labute approximate surface area is 213 Å². The second-order valence-electron chi connectivity index (χ2n) is 8.73. The summed E-state index contributed by atoms with van der Waals surface area (Å²) in [7, 11) is 0. The van der Waals surface area contributed by atoms with Crippen molar-refractivity contribution in [3.8, 4) is 11.3 Å². The first-order valence-corrected chi connectivity index (χ1v) is 12.6. The number of benzene rings is 1. The van der Waals surface area contributed by atoms with Gasteiger partial charge >= 0.3 is 0 Å². The van der Waals surface area contributed by atoms with Crippen molar-refractivity contribution in [1.29, 1.82) is 0 Å². The van der Waals surface area contributed by atoms with E-state index in [0.29, 0.717) is 53.9 Å². The van der Waals surface area contributed by atoms with Crippen LogP contribution in [-0.4, -0.2) is 62.8 Å². The molecule has 0 fully saturated rings. The number of carbonyl (C=O) groups excluding carboxylic acids is 2. The van der Waals surface area contributed by atoms with Crippen molar-refractivity contribution < 1.29 is 14.7 Å². The first-order chi connectivity index (χ1) is 16.9. The minimum atomic E-state index is -0.530. The van der Waals surface area contributed by atoms with Gasteiger partial charge in [-0.1, -0.05) is 36.0 Å². The van der Waals surface area contributed by atoms with Gasteiger partial charge in [0, 0.05) is 54.5 Å². The average molecular weight is 521 g/mol. The number of amides is 2. The van der Waals surface area contributed by atoms with Gasteiger partial charge in [-0.15, -0.1) is 0 Å². The molecule has 0 bridgehead atoms. The zero-order valence-electron chi connectivity index (χ0n) is 19.4. The number of H-pyrrole nitrogens is 1. The standard InChI is InChI=1S/C24H30Cl2N6O3/c25-17-11-15(19-6-10-32(30-19)13-20(34)28-8-4-2-1-3-7-27)22-16-12-31(21(35)14-33)9-5-18(16)29-24(22)23(17)26/h6,10-11,29,33H,1-5,7-9,12-14,27H2,(H,28,34). The summed E-state index contributed by atoms with van der Waals surface area (Å²) >= 11 is 13.0. The van der Waals surface area contributed by atoms with Gasteiger partial charge in [0.1, 0.15) is 13.2 Å². The lowest BCUT2D eigenvalue weighted by atomic mass is 9.99. The van der Waals surface area contributed by atoms with E-state index in [1.165, 1.54) is 0 Å². The molecule has 0 saturated heterocycles. The summed E-state index contributed by atoms with van der Waals surface area (Å²) in [4.78, 5) is 29.5. The van der Waals surface area contributed by atoms with Crippen LogP contribution < -0.4 is 11.1 Å². The summed E-state index contributed by atoms with van der Waals surface area (Å²) in [6, 6.07) is 3.60. The lowest BCUT2D eigenvalue weighted by Gasteiger charge is -2.26. The topological polar surface area (TPSA) is 129 Å². The number of aliphatic hydroxyl groups is 1. The van der Waals surface area contributed by atoms with Crippen molar-refractivity contribution in [1.82, 2.24) is 25.0 Å². The number of halogens is 2. The van der Waals surface area contributed by atoms with Crippen LogP contribution in [0.15, 0.2) is 18.3 Å². The van der Waals surface area contributed by atoms with E-state index in [1.807, 2.05) is 6.07 Å². The molecule has 4 rings (SSSR count). The van der Waals surface area contributed by atoms with Crippen LogP contribution in [-0.2, 0) is 29.1 Å². The lowest BCUT2D eigenvalue weighted by Crippen LogP contribution is -2.37. The van der Waals surface area contributed by atoms with E-state index in [4.69, 9.17) is 28.9 Å². The fraction of sp³-hybridized carbons (Fsp3) is 0.458. The molecule has 0 aliphatic carbocycles. The number of nitrogens with one attached hydrogen (secondary N) is 2. The summed E-state index contributed by atoms with van der Waals surface area (Å²) in [6.45, 7) is 1.77. The predicted molar refractivity (Wildman–Crippen MR) is 136 cm³/mol. The van der Waals surface area contributed by atoms with E-state index in [-0.39, 0.29) is 18.4 Å². The van der Waals surface area contributed by atoms with Gasteiger partial charge in [0.05, 0.1) is 21.3 Å². The number of nitrogens with zero attached hydrogens (tertiary/aromatic N) is 3. The van der Waals surface area contributed by atoms with Crippen LogP contribution >= 0.6 is 23.2 Å².